The molecule has 3 nitrogen and oxygen atoms in total. The fourth-order valence-corrected chi connectivity index (χ4v) is 2.87. The number of aliphatic hydroxyl groups is 1. The molecule has 106 valence electrons. The van der Waals surface area contributed by atoms with Gasteiger partial charge in [-0.1, -0.05) is 29.3 Å². The summed E-state index contributed by atoms with van der Waals surface area (Å²) in [5.41, 5.74) is 2.67. The lowest BCUT2D eigenvalue weighted by Gasteiger charge is -2.15. The molecule has 0 aliphatic rings. The number of hydrogen-bond donors (Lipinski definition) is 1. The van der Waals surface area contributed by atoms with E-state index in [1.807, 2.05) is 19.1 Å². The van der Waals surface area contributed by atoms with E-state index >= 15 is 0 Å². The van der Waals surface area contributed by atoms with Crippen molar-refractivity contribution < 1.29 is 5.11 Å². The zero-order valence-electron chi connectivity index (χ0n) is 11.2. The standard InChI is InChI=1S/C16H12Cl2N2O/c1-9-6-12(16(21)14-4-2-3-5-19-14)11-7-10(17)8-13(18)15(11)20-9/h2-8,16,21H,1H3/t16-/m0/s1. The highest BCUT2D eigenvalue weighted by Crippen LogP contribution is 2.33. The van der Waals surface area contributed by atoms with Crippen LogP contribution in [0.2, 0.25) is 10.0 Å². The van der Waals surface area contributed by atoms with Crippen molar-refractivity contribution in [3.8, 4) is 0 Å². The highest BCUT2D eigenvalue weighted by atomic mass is 35.5. The maximum atomic E-state index is 10.6. The van der Waals surface area contributed by atoms with Crippen molar-refractivity contribution in [1.29, 1.82) is 0 Å². The van der Waals surface area contributed by atoms with E-state index < -0.39 is 6.10 Å². The minimum atomic E-state index is -0.857. The Kier molecular flexibility index (Phi) is 3.81. The smallest absolute Gasteiger partial charge is 0.122 e. The molecule has 0 amide bonds. The van der Waals surface area contributed by atoms with E-state index in [1.54, 1.807) is 30.5 Å². The molecule has 2 aromatic heterocycles. The third-order valence-electron chi connectivity index (χ3n) is 3.25. The molecule has 2 heterocycles. The van der Waals surface area contributed by atoms with Crippen molar-refractivity contribution in [2.75, 3.05) is 0 Å². The molecular formula is C16H12Cl2N2O. The number of pyridine rings is 2. The zero-order chi connectivity index (χ0) is 15.0. The molecule has 1 N–H and O–H groups in total. The van der Waals surface area contributed by atoms with Crippen LogP contribution in [0, 0.1) is 6.92 Å². The summed E-state index contributed by atoms with van der Waals surface area (Å²) in [4.78, 5) is 8.63. The Hall–Kier alpha value is -1.68. The van der Waals surface area contributed by atoms with Crippen molar-refractivity contribution >= 4 is 34.1 Å². The van der Waals surface area contributed by atoms with E-state index in [0.29, 0.717) is 26.8 Å². The van der Waals surface area contributed by atoms with Gasteiger partial charge in [0.15, 0.2) is 0 Å². The Morgan fingerprint density at radius 3 is 2.67 bits per heavy atom. The van der Waals surface area contributed by atoms with Gasteiger partial charge in [0.05, 0.1) is 16.2 Å². The van der Waals surface area contributed by atoms with Crippen LogP contribution >= 0.6 is 23.2 Å². The van der Waals surface area contributed by atoms with Crippen LogP contribution in [-0.4, -0.2) is 15.1 Å². The van der Waals surface area contributed by atoms with Crippen molar-refractivity contribution in [2.45, 2.75) is 13.0 Å². The summed E-state index contributed by atoms with van der Waals surface area (Å²) in [6.07, 6.45) is 0.791. The molecule has 0 spiro atoms. The number of benzene rings is 1. The van der Waals surface area contributed by atoms with Crippen LogP contribution in [0.1, 0.15) is 23.1 Å². The van der Waals surface area contributed by atoms with Gasteiger partial charge >= 0.3 is 0 Å². The van der Waals surface area contributed by atoms with E-state index in [1.165, 1.54) is 0 Å². The molecule has 21 heavy (non-hydrogen) atoms. The first-order valence-electron chi connectivity index (χ1n) is 6.41. The molecule has 0 aliphatic heterocycles. The molecule has 0 fully saturated rings. The Balaban J connectivity index is 2.27. The Morgan fingerprint density at radius 1 is 1.14 bits per heavy atom. The number of halogens is 2. The van der Waals surface area contributed by atoms with Gasteiger partial charge in [-0.05, 0) is 42.8 Å². The topological polar surface area (TPSA) is 46.0 Å². The number of aryl methyl sites for hydroxylation is 1. The molecule has 3 rings (SSSR count). The number of nitrogens with zero attached hydrogens (tertiary/aromatic N) is 2. The number of fused-ring (bicyclic) bond motifs is 1. The summed E-state index contributed by atoms with van der Waals surface area (Å²) in [7, 11) is 0. The lowest BCUT2D eigenvalue weighted by molar-refractivity contribution is 0.217. The van der Waals surface area contributed by atoms with E-state index in [2.05, 4.69) is 9.97 Å². The number of aromatic nitrogens is 2. The van der Waals surface area contributed by atoms with Crippen LogP contribution in [0.25, 0.3) is 10.9 Å². The third-order valence-corrected chi connectivity index (χ3v) is 3.76. The van der Waals surface area contributed by atoms with Gasteiger partial charge in [-0.15, -0.1) is 0 Å². The molecule has 0 saturated heterocycles. The van der Waals surface area contributed by atoms with E-state index in [-0.39, 0.29) is 0 Å². The minimum Gasteiger partial charge on any atom is -0.382 e. The molecule has 0 aliphatic carbocycles. The van der Waals surface area contributed by atoms with Crippen molar-refractivity contribution in [2.24, 2.45) is 0 Å². The van der Waals surface area contributed by atoms with Crippen molar-refractivity contribution in [3.63, 3.8) is 0 Å². The summed E-state index contributed by atoms with van der Waals surface area (Å²) < 4.78 is 0. The molecule has 0 unspecified atom stereocenters. The second-order valence-electron chi connectivity index (χ2n) is 4.79. The summed E-state index contributed by atoms with van der Waals surface area (Å²) in [5.74, 6) is 0. The van der Waals surface area contributed by atoms with Crippen molar-refractivity contribution in [1.82, 2.24) is 9.97 Å². The van der Waals surface area contributed by atoms with Crippen LogP contribution in [0.4, 0.5) is 0 Å². The lowest BCUT2D eigenvalue weighted by Crippen LogP contribution is -2.04. The first-order chi connectivity index (χ1) is 10.1. The molecule has 3 aromatic rings. The second-order valence-corrected chi connectivity index (χ2v) is 5.64. The average Bonchev–Trinajstić information content (AvgIpc) is 2.47. The number of aliphatic hydroxyl groups excluding tert-OH is 1. The summed E-state index contributed by atoms with van der Waals surface area (Å²) in [6.45, 7) is 1.86. The van der Waals surface area contributed by atoms with Crippen LogP contribution in [0.5, 0.6) is 0 Å². The van der Waals surface area contributed by atoms with Gasteiger partial charge in [-0.25, -0.2) is 0 Å². The Labute approximate surface area is 132 Å². The lowest BCUT2D eigenvalue weighted by atomic mass is 10.0. The normalized spacial score (nSPS) is 12.6. The molecule has 0 radical (unpaired) electrons. The fourth-order valence-electron chi connectivity index (χ4n) is 2.33. The summed E-state index contributed by atoms with van der Waals surface area (Å²) in [6, 6.07) is 10.7. The molecular weight excluding hydrogens is 307 g/mol. The predicted octanol–water partition coefficient (Wildman–Crippen LogP) is 4.33. The molecule has 5 heteroatoms. The average molecular weight is 319 g/mol. The van der Waals surface area contributed by atoms with E-state index in [9.17, 15) is 5.11 Å². The molecule has 1 aromatic carbocycles. The molecule has 1 atom stereocenters. The van der Waals surface area contributed by atoms with Gasteiger partial charge in [-0.2, -0.15) is 0 Å². The molecule has 0 saturated carbocycles. The summed E-state index contributed by atoms with van der Waals surface area (Å²) in [5, 5.41) is 12.3. The van der Waals surface area contributed by atoms with Gasteiger partial charge in [-0.3, -0.25) is 9.97 Å². The Bertz CT molecular complexity index is 806. The van der Waals surface area contributed by atoms with Gasteiger partial charge < -0.3 is 5.11 Å². The van der Waals surface area contributed by atoms with Gasteiger partial charge in [0, 0.05) is 22.3 Å². The quantitative estimate of drug-likeness (QED) is 0.765. The molecule has 0 bridgehead atoms. The van der Waals surface area contributed by atoms with Crippen molar-refractivity contribution in [3.05, 3.63) is 69.6 Å². The van der Waals surface area contributed by atoms with E-state index in [4.69, 9.17) is 23.2 Å². The first-order valence-corrected chi connectivity index (χ1v) is 7.17. The highest BCUT2D eigenvalue weighted by Gasteiger charge is 2.17. The SMILES string of the molecule is Cc1cc([C@H](O)c2ccccn2)c2cc(Cl)cc(Cl)c2n1. The minimum absolute atomic E-state index is 0.468. The third kappa shape index (κ3) is 2.72. The number of rotatable bonds is 2. The highest BCUT2D eigenvalue weighted by molar-refractivity contribution is 6.38. The fraction of sp³-hybridized carbons (Fsp3) is 0.125. The first kappa shape index (κ1) is 14.3. The summed E-state index contributed by atoms with van der Waals surface area (Å²) >= 11 is 12.3. The number of hydrogen-bond acceptors (Lipinski definition) is 3. The van der Waals surface area contributed by atoms with Crippen LogP contribution in [-0.2, 0) is 0 Å². The van der Waals surface area contributed by atoms with E-state index in [0.717, 1.165) is 11.1 Å². The van der Waals surface area contributed by atoms with Gasteiger partial charge in [0.2, 0.25) is 0 Å². The van der Waals surface area contributed by atoms with Crippen LogP contribution in [0.15, 0.2) is 42.6 Å². The van der Waals surface area contributed by atoms with Gasteiger partial charge in [0.25, 0.3) is 0 Å². The predicted molar refractivity (Wildman–Crippen MR) is 84.8 cm³/mol. The monoisotopic (exact) mass is 318 g/mol. The zero-order valence-corrected chi connectivity index (χ0v) is 12.7. The van der Waals surface area contributed by atoms with Gasteiger partial charge in [0.1, 0.15) is 6.10 Å². The largest absolute Gasteiger partial charge is 0.382 e. The second kappa shape index (κ2) is 5.60. The van der Waals surface area contributed by atoms with Crippen LogP contribution < -0.4 is 0 Å². The maximum absolute atomic E-state index is 10.6. The maximum Gasteiger partial charge on any atom is 0.122 e. The van der Waals surface area contributed by atoms with Crippen LogP contribution in [0.3, 0.4) is 0 Å². The Morgan fingerprint density at radius 2 is 1.95 bits per heavy atom.